The van der Waals surface area contributed by atoms with Crippen LogP contribution < -0.4 is 0 Å². The minimum absolute atomic E-state index is 0. The van der Waals surface area contributed by atoms with Crippen molar-refractivity contribution in [2.24, 2.45) is 0 Å². The summed E-state index contributed by atoms with van der Waals surface area (Å²) in [6.07, 6.45) is 4.69. The van der Waals surface area contributed by atoms with Crippen LogP contribution in [0, 0.1) is 69.8 Å². The summed E-state index contributed by atoms with van der Waals surface area (Å²) in [5, 5.41) is 1.25. The van der Waals surface area contributed by atoms with E-state index in [9.17, 15) is 71.3 Å². The number of carbonyl (C=O) groups excluding carboxylic acids is 3. The van der Waals surface area contributed by atoms with Crippen molar-refractivity contribution in [2.75, 3.05) is 14.2 Å². The molecule has 0 radical (unpaired) electrons. The maximum absolute atomic E-state index is 13.9. The Bertz CT molecular complexity index is 3740. The van der Waals surface area contributed by atoms with Gasteiger partial charge in [-0.05, 0) is 109 Å². The van der Waals surface area contributed by atoms with E-state index in [-0.39, 0.29) is 102 Å². The molecule has 0 aliphatic carbocycles. The number of hydrogen-bond donors (Lipinski definition) is 0. The highest BCUT2D eigenvalue weighted by Gasteiger charge is 2.25. The van der Waals surface area contributed by atoms with Gasteiger partial charge < -0.3 is 0 Å². The predicted octanol–water partition coefficient (Wildman–Crippen LogP) is 16.9. The largest absolute Gasteiger partial charge is 0.296 e. The van der Waals surface area contributed by atoms with Crippen LogP contribution in [-0.2, 0) is 32.9 Å². The van der Waals surface area contributed by atoms with Gasteiger partial charge in [-0.3, -0.25) is 37.1 Å². The number of nitrogens with zero attached hydrogens (tertiary/aromatic N) is 7. The quantitative estimate of drug-likeness (QED) is 0.0303. The second kappa shape index (κ2) is 35.4. The Balaban J connectivity index is 0.00000123. The van der Waals surface area contributed by atoms with Crippen LogP contribution >= 0.6 is 23.5 Å². The van der Waals surface area contributed by atoms with Gasteiger partial charge in [-0.25, -0.2) is 72.7 Å². The van der Waals surface area contributed by atoms with Gasteiger partial charge in [0.25, 0.3) is 5.91 Å². The van der Waals surface area contributed by atoms with Crippen LogP contribution in [0.2, 0.25) is 0 Å². The molecule has 1 atom stereocenters. The number of halogens is 12. The molecule has 0 saturated heterocycles. The lowest BCUT2D eigenvalue weighted by Gasteiger charge is -2.16. The van der Waals surface area contributed by atoms with Gasteiger partial charge in [-0.1, -0.05) is 75.5 Å². The highest BCUT2D eigenvalue weighted by Crippen LogP contribution is 2.32. The van der Waals surface area contributed by atoms with Gasteiger partial charge >= 0.3 is 0 Å². The smallest absolute Gasteiger partial charge is 0.295 e. The van der Waals surface area contributed by atoms with Crippen molar-refractivity contribution in [1.82, 2.24) is 33.7 Å². The van der Waals surface area contributed by atoms with Crippen LogP contribution in [-0.4, -0.2) is 70.6 Å². The molecule has 0 spiro atoms. The van der Waals surface area contributed by atoms with E-state index < -0.39 is 109 Å². The molecule has 9 aromatic rings. The second-order valence-corrected chi connectivity index (χ2v) is 19.3. The number of hydrogen-bond acceptors (Lipinski definition) is 10. The van der Waals surface area contributed by atoms with Crippen molar-refractivity contribution in [1.29, 1.82) is 0 Å². The van der Waals surface area contributed by atoms with Gasteiger partial charge in [0.1, 0.15) is 52.0 Å². The molecule has 0 aliphatic heterocycles. The van der Waals surface area contributed by atoms with Gasteiger partial charge in [0.2, 0.25) is 5.16 Å². The monoisotopic (exact) mass is 1290 g/mol. The lowest BCUT2D eigenvalue weighted by Crippen LogP contribution is -2.27. The molecule has 87 heavy (non-hydrogen) atoms. The summed E-state index contributed by atoms with van der Waals surface area (Å²) < 4.78 is 179. The zero-order valence-electron chi connectivity index (χ0n) is 40.8. The average molecular weight is 1290 g/mol. The fraction of sp³-hybridized carbons (Fsp3) is 0.200. The van der Waals surface area contributed by atoms with E-state index in [4.69, 9.17) is 4.84 Å². The minimum atomic E-state index is -2.11. The van der Waals surface area contributed by atoms with E-state index in [1.54, 1.807) is 0 Å². The standard InChI is InChI=1S/C19H15F4N3O2S.C17H10F4N2O2S.C17H10F4N2OS.7CH4/c1-25(28-2)18(27)16-9-24-19(26(16)12-5-3-11(20)4-6-12)29-10-13-14(21)7-8-15(22)17(13)23;18-10-1-3-11(4-2-10)23-12(8-24)7-22-17(23)26(25)9-13-14(19)5-6-15(20)16(13)21;18-10-1-3-11(4-2-10)23-12(8-24)7-22-17(23)25-9-13-14(19)5-6-15(20)16(13)21;;;;;;;/h3-9H,10H2,1-2H3;1-8H,9H2;1-8H,9H2;7*1H4. The Morgan fingerprint density at radius 2 is 0.816 bits per heavy atom. The molecular weight excluding hydrogens is 1220 g/mol. The third-order valence-electron chi connectivity index (χ3n) is 11.1. The van der Waals surface area contributed by atoms with Gasteiger partial charge in [0, 0.05) is 52.3 Å². The first-order valence-electron chi connectivity index (χ1n) is 22.5. The summed E-state index contributed by atoms with van der Waals surface area (Å²) in [6.45, 7) is 0. The van der Waals surface area contributed by atoms with Crippen molar-refractivity contribution in [3.05, 3.63) is 231 Å². The number of imidazole rings is 3. The van der Waals surface area contributed by atoms with E-state index in [1.807, 2.05) is 0 Å². The van der Waals surface area contributed by atoms with Crippen LogP contribution in [0.1, 0.15) is 100 Å². The van der Waals surface area contributed by atoms with Gasteiger partial charge in [-0.2, -0.15) is 0 Å². The molecule has 12 nitrogen and oxygen atoms in total. The summed E-state index contributed by atoms with van der Waals surface area (Å²) in [5.74, 6) is -13.6. The number of benzene rings is 6. The number of aromatic nitrogens is 6. The second-order valence-electron chi connectivity index (χ2n) is 16.0. The van der Waals surface area contributed by atoms with E-state index in [1.165, 1.54) is 101 Å². The molecule has 1 unspecified atom stereocenters. The third-order valence-corrected chi connectivity index (χ3v) is 14.3. The number of amides is 1. The maximum Gasteiger partial charge on any atom is 0.295 e. The summed E-state index contributed by atoms with van der Waals surface area (Å²) in [4.78, 5) is 51.9. The highest BCUT2D eigenvalue weighted by atomic mass is 32.2. The molecule has 3 aromatic heterocycles. The number of aldehydes is 2. The molecule has 1 amide bonds. The summed E-state index contributed by atoms with van der Waals surface area (Å²) in [5.41, 5.74) is -0.128. The zero-order valence-corrected chi connectivity index (χ0v) is 43.3. The first kappa shape index (κ1) is 78.7. The van der Waals surface area contributed by atoms with Gasteiger partial charge in [-0.15, -0.1) is 0 Å². The Morgan fingerprint density at radius 1 is 0.483 bits per heavy atom. The van der Waals surface area contributed by atoms with Crippen molar-refractivity contribution < 1.29 is 76.1 Å². The zero-order chi connectivity index (χ0) is 57.9. The Labute approximate surface area is 507 Å². The molecular formula is C60H63F12N7O5S3. The van der Waals surface area contributed by atoms with Gasteiger partial charge in [0.05, 0.1) is 42.3 Å². The lowest BCUT2D eigenvalue weighted by atomic mass is 10.2. The van der Waals surface area contributed by atoms with Crippen LogP contribution in [0.15, 0.2) is 143 Å². The molecule has 0 saturated carbocycles. The van der Waals surface area contributed by atoms with Crippen LogP contribution in [0.5, 0.6) is 0 Å². The van der Waals surface area contributed by atoms with E-state index >= 15 is 0 Å². The van der Waals surface area contributed by atoms with Crippen molar-refractivity contribution in [2.45, 2.75) is 84.7 Å². The van der Waals surface area contributed by atoms with E-state index in [2.05, 4.69) is 15.0 Å². The number of hydroxylamine groups is 2. The van der Waals surface area contributed by atoms with Gasteiger partial charge in [0.15, 0.2) is 57.8 Å². The third kappa shape index (κ3) is 18.4. The highest BCUT2D eigenvalue weighted by molar-refractivity contribution is 7.98. The summed E-state index contributed by atoms with van der Waals surface area (Å²) in [7, 11) is 0.596. The molecule has 9 rings (SSSR count). The minimum Gasteiger partial charge on any atom is -0.296 e. The molecule has 0 aliphatic rings. The fourth-order valence-electron chi connectivity index (χ4n) is 7.07. The molecule has 0 bridgehead atoms. The van der Waals surface area contributed by atoms with Crippen molar-refractivity contribution in [3.8, 4) is 17.1 Å². The first-order chi connectivity index (χ1) is 38.3. The van der Waals surface area contributed by atoms with Crippen LogP contribution in [0.25, 0.3) is 17.1 Å². The Kier molecular flexibility index (Phi) is 32.0. The molecule has 0 fully saturated rings. The molecule has 470 valence electrons. The molecule has 3 heterocycles. The van der Waals surface area contributed by atoms with Crippen LogP contribution in [0.4, 0.5) is 52.7 Å². The number of thioether (sulfide) groups is 2. The Morgan fingerprint density at radius 3 is 1.23 bits per heavy atom. The number of rotatable bonds is 16. The summed E-state index contributed by atoms with van der Waals surface area (Å²) in [6, 6.07) is 19.9. The lowest BCUT2D eigenvalue weighted by molar-refractivity contribution is -0.0762. The maximum atomic E-state index is 13.9. The molecule has 27 heteroatoms. The summed E-state index contributed by atoms with van der Waals surface area (Å²) >= 11 is 1.82. The Hall–Kier alpha value is -8.27. The van der Waals surface area contributed by atoms with E-state index in [0.29, 0.717) is 42.1 Å². The van der Waals surface area contributed by atoms with E-state index in [0.717, 1.165) is 65.1 Å². The topological polar surface area (TPSA) is 134 Å². The predicted molar refractivity (Wildman–Crippen MR) is 316 cm³/mol. The van der Waals surface area contributed by atoms with Crippen LogP contribution in [0.3, 0.4) is 0 Å². The normalized spacial score (nSPS) is 10.4. The average Bonchev–Trinajstić information content (AvgIpc) is 1.88. The molecule has 6 aromatic carbocycles. The first-order valence-corrected chi connectivity index (χ1v) is 25.8. The molecule has 0 N–H and O–H groups in total. The van der Waals surface area contributed by atoms with Crippen molar-refractivity contribution in [3.63, 3.8) is 0 Å². The van der Waals surface area contributed by atoms with Crippen molar-refractivity contribution >= 4 is 52.8 Å². The number of carbonyl (C=O) groups is 3. The fourth-order valence-corrected chi connectivity index (χ4v) is 10.3. The SMILES string of the molecule is C.C.C.C.C.C.C.CON(C)C(=O)c1cnc(SCc2c(F)ccc(F)c2F)n1-c1ccc(F)cc1.O=Cc1cnc(S(=O)Cc2c(F)ccc(F)c2F)n1-c1ccc(F)cc1.O=Cc1cnc(SCc2c(F)ccc(F)c2F)n1-c1ccc(F)cc1.